The molecule has 16 heavy (non-hydrogen) atoms. The molecule has 0 aliphatic rings. The van der Waals surface area contributed by atoms with Crippen LogP contribution in [0.25, 0.3) is 0 Å². The molecule has 0 bridgehead atoms. The summed E-state index contributed by atoms with van der Waals surface area (Å²) in [4.78, 5) is 0. The van der Waals surface area contributed by atoms with Crippen molar-refractivity contribution in [3.05, 3.63) is 29.6 Å². The lowest BCUT2D eigenvalue weighted by atomic mass is 10.1. The second-order valence-corrected chi connectivity index (χ2v) is 3.74. The first kappa shape index (κ1) is 12.9. The average molecular weight is 228 g/mol. The van der Waals surface area contributed by atoms with Gasteiger partial charge in [-0.15, -0.1) is 0 Å². The second-order valence-electron chi connectivity index (χ2n) is 3.74. The number of methoxy groups -OCH3 is 1. The molecule has 0 saturated carbocycles. The van der Waals surface area contributed by atoms with E-state index in [0.29, 0.717) is 17.9 Å². The van der Waals surface area contributed by atoms with Gasteiger partial charge in [-0.3, -0.25) is 0 Å². The van der Waals surface area contributed by atoms with Gasteiger partial charge in [-0.25, -0.2) is 4.39 Å². The fraction of sp³-hybridized carbons (Fsp3) is 0.500. The van der Waals surface area contributed by atoms with Crippen molar-refractivity contribution in [1.82, 2.24) is 0 Å². The first-order valence-corrected chi connectivity index (χ1v) is 5.17. The zero-order chi connectivity index (χ0) is 12.1. The second kappa shape index (κ2) is 5.82. The minimum atomic E-state index is -0.689. The van der Waals surface area contributed by atoms with E-state index in [-0.39, 0.29) is 11.9 Å². The highest BCUT2D eigenvalue weighted by Gasteiger charge is 2.13. The molecule has 1 N–H and O–H groups in total. The summed E-state index contributed by atoms with van der Waals surface area (Å²) in [5.74, 6) is -0.0245. The first-order chi connectivity index (χ1) is 7.54. The van der Waals surface area contributed by atoms with Crippen LogP contribution in [0.15, 0.2) is 18.2 Å². The van der Waals surface area contributed by atoms with Crippen LogP contribution in [0.4, 0.5) is 4.39 Å². The zero-order valence-corrected chi connectivity index (χ0v) is 9.74. The summed E-state index contributed by atoms with van der Waals surface area (Å²) >= 11 is 0. The van der Waals surface area contributed by atoms with E-state index in [9.17, 15) is 9.50 Å². The van der Waals surface area contributed by atoms with E-state index < -0.39 is 6.10 Å². The molecule has 0 aliphatic heterocycles. The topological polar surface area (TPSA) is 38.7 Å². The Labute approximate surface area is 94.8 Å². The highest BCUT2D eigenvalue weighted by molar-refractivity contribution is 5.35. The number of aliphatic hydroxyl groups is 1. The zero-order valence-electron chi connectivity index (χ0n) is 9.74. The maximum absolute atomic E-state index is 13.1. The molecular weight excluding hydrogens is 211 g/mol. The Hall–Kier alpha value is -1.13. The number of rotatable bonds is 5. The van der Waals surface area contributed by atoms with Crippen molar-refractivity contribution in [3.63, 3.8) is 0 Å². The van der Waals surface area contributed by atoms with Gasteiger partial charge in [0.25, 0.3) is 0 Å². The van der Waals surface area contributed by atoms with Gasteiger partial charge in [-0.05, 0) is 26.0 Å². The van der Waals surface area contributed by atoms with Crippen molar-refractivity contribution in [3.8, 4) is 5.75 Å². The summed E-state index contributed by atoms with van der Waals surface area (Å²) in [6.45, 7) is 3.84. The van der Waals surface area contributed by atoms with E-state index in [4.69, 9.17) is 9.47 Å². The maximum atomic E-state index is 13.1. The molecule has 0 spiro atoms. The van der Waals surface area contributed by atoms with E-state index in [1.165, 1.54) is 18.2 Å². The van der Waals surface area contributed by atoms with E-state index >= 15 is 0 Å². The van der Waals surface area contributed by atoms with Crippen LogP contribution in [0.2, 0.25) is 0 Å². The molecule has 1 unspecified atom stereocenters. The van der Waals surface area contributed by atoms with Crippen molar-refractivity contribution in [2.75, 3.05) is 13.7 Å². The Balaban J connectivity index is 2.87. The predicted octanol–water partition coefficient (Wildman–Crippen LogP) is 2.29. The summed E-state index contributed by atoms with van der Waals surface area (Å²) in [5, 5.41) is 9.50. The molecule has 90 valence electrons. The molecule has 2 atom stereocenters. The fourth-order valence-electron chi connectivity index (χ4n) is 1.44. The smallest absolute Gasteiger partial charge is 0.128 e. The van der Waals surface area contributed by atoms with Gasteiger partial charge in [0, 0.05) is 18.7 Å². The molecule has 0 aromatic heterocycles. The molecule has 0 heterocycles. The summed E-state index contributed by atoms with van der Waals surface area (Å²) < 4.78 is 23.5. The number of benzene rings is 1. The van der Waals surface area contributed by atoms with Crippen LogP contribution in [-0.4, -0.2) is 24.9 Å². The molecule has 1 aromatic carbocycles. The molecule has 1 aromatic rings. The van der Waals surface area contributed by atoms with E-state index in [0.717, 1.165) is 0 Å². The summed E-state index contributed by atoms with van der Waals surface area (Å²) in [5.41, 5.74) is 0.573. The van der Waals surface area contributed by atoms with Crippen LogP contribution in [0, 0.1) is 5.82 Å². The van der Waals surface area contributed by atoms with Gasteiger partial charge >= 0.3 is 0 Å². The van der Waals surface area contributed by atoms with Crippen LogP contribution in [0.5, 0.6) is 5.75 Å². The van der Waals surface area contributed by atoms with Gasteiger partial charge in [0.05, 0.1) is 12.7 Å². The molecular formula is C12H17FO3. The largest absolute Gasteiger partial charge is 0.488 e. The van der Waals surface area contributed by atoms with Crippen LogP contribution < -0.4 is 4.74 Å². The van der Waals surface area contributed by atoms with Crippen molar-refractivity contribution in [2.45, 2.75) is 26.1 Å². The van der Waals surface area contributed by atoms with Gasteiger partial charge in [0.1, 0.15) is 17.7 Å². The normalized spacial score (nSPS) is 14.6. The van der Waals surface area contributed by atoms with Crippen molar-refractivity contribution >= 4 is 0 Å². The van der Waals surface area contributed by atoms with Crippen molar-refractivity contribution in [1.29, 1.82) is 0 Å². The molecule has 4 heteroatoms. The molecule has 0 aliphatic carbocycles. The SMILES string of the molecule is COCC(C)Oc1cc(F)ccc1[C@@H](C)O. The third-order valence-electron chi connectivity index (χ3n) is 2.16. The highest BCUT2D eigenvalue weighted by atomic mass is 19.1. The number of hydrogen-bond donors (Lipinski definition) is 1. The van der Waals surface area contributed by atoms with Gasteiger partial charge in [0.2, 0.25) is 0 Å². The Kier molecular flexibility index (Phi) is 4.71. The van der Waals surface area contributed by atoms with Crippen LogP contribution in [-0.2, 0) is 4.74 Å². The molecule has 0 radical (unpaired) electrons. The van der Waals surface area contributed by atoms with Gasteiger partial charge in [-0.1, -0.05) is 0 Å². The summed E-state index contributed by atoms with van der Waals surface area (Å²) in [7, 11) is 1.57. The Morgan fingerprint density at radius 2 is 2.06 bits per heavy atom. The maximum Gasteiger partial charge on any atom is 0.128 e. The van der Waals surface area contributed by atoms with Crippen LogP contribution in [0.3, 0.4) is 0 Å². The van der Waals surface area contributed by atoms with Gasteiger partial charge in [0.15, 0.2) is 0 Å². The Bertz CT molecular complexity index is 339. The fourth-order valence-corrected chi connectivity index (χ4v) is 1.44. The molecule has 0 saturated heterocycles. The number of ether oxygens (including phenoxy) is 2. The standard InChI is InChI=1S/C12H17FO3/c1-8(7-15-3)16-12-6-10(13)4-5-11(12)9(2)14/h4-6,8-9,14H,7H2,1-3H3/t8?,9-/m1/s1. The molecule has 3 nitrogen and oxygen atoms in total. The van der Waals surface area contributed by atoms with Gasteiger partial charge in [-0.2, -0.15) is 0 Å². The number of halogens is 1. The predicted molar refractivity (Wildman–Crippen MR) is 59.0 cm³/mol. The Morgan fingerprint density at radius 3 is 2.62 bits per heavy atom. The molecule has 0 fully saturated rings. The quantitative estimate of drug-likeness (QED) is 0.840. The van der Waals surface area contributed by atoms with E-state index in [1.54, 1.807) is 14.0 Å². The van der Waals surface area contributed by atoms with Crippen molar-refractivity contribution < 1.29 is 19.0 Å². The summed E-state index contributed by atoms with van der Waals surface area (Å²) in [6.07, 6.45) is -0.880. The van der Waals surface area contributed by atoms with E-state index in [1.807, 2.05) is 6.92 Å². The number of hydrogen-bond acceptors (Lipinski definition) is 3. The molecule has 1 rings (SSSR count). The Morgan fingerprint density at radius 1 is 1.38 bits per heavy atom. The first-order valence-electron chi connectivity index (χ1n) is 5.17. The minimum absolute atomic E-state index is 0.190. The van der Waals surface area contributed by atoms with Crippen LogP contribution in [0.1, 0.15) is 25.5 Å². The summed E-state index contributed by atoms with van der Waals surface area (Å²) in [6, 6.07) is 4.10. The third-order valence-corrected chi connectivity index (χ3v) is 2.16. The lowest BCUT2D eigenvalue weighted by Gasteiger charge is -2.18. The average Bonchev–Trinajstić information content (AvgIpc) is 2.17. The highest BCUT2D eigenvalue weighted by Crippen LogP contribution is 2.26. The van der Waals surface area contributed by atoms with Crippen LogP contribution >= 0.6 is 0 Å². The van der Waals surface area contributed by atoms with E-state index in [2.05, 4.69) is 0 Å². The minimum Gasteiger partial charge on any atom is -0.488 e. The van der Waals surface area contributed by atoms with Gasteiger partial charge < -0.3 is 14.6 Å². The lowest BCUT2D eigenvalue weighted by molar-refractivity contribution is 0.0884. The monoisotopic (exact) mass is 228 g/mol. The lowest BCUT2D eigenvalue weighted by Crippen LogP contribution is -2.19. The number of aliphatic hydroxyl groups excluding tert-OH is 1. The molecule has 0 amide bonds. The van der Waals surface area contributed by atoms with Crippen molar-refractivity contribution in [2.24, 2.45) is 0 Å². The third kappa shape index (κ3) is 3.47.